The molecule has 0 bridgehead atoms. The minimum atomic E-state index is -1.02. The number of rotatable bonds is 3. The first-order valence-electron chi connectivity index (χ1n) is 5.49. The summed E-state index contributed by atoms with van der Waals surface area (Å²) < 4.78 is 13.3. The molecule has 0 aromatic heterocycles. The van der Waals surface area contributed by atoms with Gasteiger partial charge in [-0.15, -0.1) is 0 Å². The summed E-state index contributed by atoms with van der Waals surface area (Å²) >= 11 is 0. The molecule has 1 aliphatic heterocycles. The largest absolute Gasteiger partial charge is 0.355 e. The van der Waals surface area contributed by atoms with Gasteiger partial charge in [-0.1, -0.05) is 0 Å². The zero-order valence-corrected chi connectivity index (χ0v) is 9.68. The zero-order valence-electron chi connectivity index (χ0n) is 9.68. The molecule has 100 valence electrons. The molecule has 1 heterocycles. The lowest BCUT2D eigenvalue weighted by Gasteiger charge is -2.09. The van der Waals surface area contributed by atoms with E-state index < -0.39 is 28.3 Å². The molecule has 2 N–H and O–H groups in total. The highest BCUT2D eigenvalue weighted by atomic mass is 19.1. The first kappa shape index (κ1) is 12.9. The van der Waals surface area contributed by atoms with Gasteiger partial charge in [0.1, 0.15) is 0 Å². The Morgan fingerprint density at radius 1 is 1.53 bits per heavy atom. The van der Waals surface area contributed by atoms with E-state index in [1.54, 1.807) is 0 Å². The molecule has 1 aromatic rings. The van der Waals surface area contributed by atoms with E-state index in [-0.39, 0.29) is 24.6 Å². The van der Waals surface area contributed by atoms with E-state index in [1.807, 2.05) is 0 Å². The number of carbonyl (C=O) groups excluding carboxylic acids is 2. The highest BCUT2D eigenvalue weighted by Gasteiger charge is 2.28. The molecular formula is C11H10FN3O4. The van der Waals surface area contributed by atoms with Gasteiger partial charge in [0.05, 0.1) is 10.8 Å². The van der Waals surface area contributed by atoms with Gasteiger partial charge in [0.25, 0.3) is 0 Å². The fraction of sp³-hybridized carbons (Fsp3) is 0.273. The molecule has 2 rings (SSSR count). The van der Waals surface area contributed by atoms with Crippen LogP contribution in [0, 0.1) is 21.8 Å². The van der Waals surface area contributed by atoms with Crippen LogP contribution in [0.5, 0.6) is 0 Å². The second kappa shape index (κ2) is 5.01. The maximum Gasteiger partial charge on any atom is 0.304 e. The molecule has 1 saturated heterocycles. The lowest BCUT2D eigenvalue weighted by atomic mass is 10.1. The number of carbonyl (C=O) groups is 2. The van der Waals surface area contributed by atoms with Crippen molar-refractivity contribution in [3.05, 3.63) is 34.1 Å². The lowest BCUT2D eigenvalue weighted by Crippen LogP contribution is -2.24. The van der Waals surface area contributed by atoms with Crippen LogP contribution < -0.4 is 10.6 Å². The predicted octanol–water partition coefficient (Wildman–Crippen LogP) is 0.808. The van der Waals surface area contributed by atoms with Crippen molar-refractivity contribution in [2.45, 2.75) is 6.42 Å². The molecule has 0 aliphatic carbocycles. The number of nitro groups is 1. The normalized spacial score (nSPS) is 17.9. The van der Waals surface area contributed by atoms with E-state index in [0.29, 0.717) is 0 Å². The standard InChI is InChI=1S/C11H10FN3O4/c12-8-4-7(1-2-9(8)15(18)19)14-11(17)6-3-10(16)13-5-6/h1-2,4,6H,3,5H2,(H,13,16)(H,14,17). The molecule has 0 radical (unpaired) electrons. The van der Waals surface area contributed by atoms with Crippen molar-refractivity contribution in [2.24, 2.45) is 5.92 Å². The maximum absolute atomic E-state index is 13.3. The molecule has 1 unspecified atom stereocenters. The van der Waals surface area contributed by atoms with Crippen molar-refractivity contribution in [3.8, 4) is 0 Å². The van der Waals surface area contributed by atoms with Gasteiger partial charge in [0.2, 0.25) is 17.6 Å². The molecule has 7 nitrogen and oxygen atoms in total. The van der Waals surface area contributed by atoms with Crippen LogP contribution in [0.4, 0.5) is 15.8 Å². The maximum atomic E-state index is 13.3. The monoisotopic (exact) mass is 267 g/mol. The van der Waals surface area contributed by atoms with Crippen molar-refractivity contribution in [3.63, 3.8) is 0 Å². The Balaban J connectivity index is 2.07. The van der Waals surface area contributed by atoms with Gasteiger partial charge < -0.3 is 10.6 Å². The third-order valence-corrected chi connectivity index (χ3v) is 2.76. The summed E-state index contributed by atoms with van der Waals surface area (Å²) in [6.07, 6.45) is 0.0846. The number of amides is 2. The molecule has 1 atom stereocenters. The van der Waals surface area contributed by atoms with Crippen molar-refractivity contribution in [1.29, 1.82) is 0 Å². The first-order chi connectivity index (χ1) is 8.97. The van der Waals surface area contributed by atoms with Gasteiger partial charge in [-0.3, -0.25) is 19.7 Å². The highest BCUT2D eigenvalue weighted by Crippen LogP contribution is 2.21. The van der Waals surface area contributed by atoms with Crippen LogP contribution in [0.3, 0.4) is 0 Å². The van der Waals surface area contributed by atoms with E-state index in [1.165, 1.54) is 6.07 Å². The number of nitro benzene ring substituents is 1. The SMILES string of the molecule is O=C1CC(C(=O)Nc2ccc([N+](=O)[O-])c(F)c2)CN1. The third kappa shape index (κ3) is 2.84. The van der Waals surface area contributed by atoms with Gasteiger partial charge in [0.15, 0.2) is 0 Å². The smallest absolute Gasteiger partial charge is 0.304 e. The molecule has 8 heteroatoms. The second-order valence-corrected chi connectivity index (χ2v) is 4.12. The van der Waals surface area contributed by atoms with E-state index in [2.05, 4.69) is 10.6 Å². The van der Waals surface area contributed by atoms with Crippen molar-refractivity contribution in [1.82, 2.24) is 5.32 Å². The van der Waals surface area contributed by atoms with E-state index in [4.69, 9.17) is 0 Å². The molecule has 0 saturated carbocycles. The quantitative estimate of drug-likeness (QED) is 0.625. The fourth-order valence-electron chi connectivity index (χ4n) is 1.77. The minimum Gasteiger partial charge on any atom is -0.355 e. The van der Waals surface area contributed by atoms with Crippen LogP contribution in [-0.2, 0) is 9.59 Å². The van der Waals surface area contributed by atoms with Crippen LogP contribution in [0.15, 0.2) is 18.2 Å². The van der Waals surface area contributed by atoms with Crippen LogP contribution >= 0.6 is 0 Å². The number of nitrogens with zero attached hydrogens (tertiary/aromatic N) is 1. The van der Waals surface area contributed by atoms with Crippen LogP contribution in [0.25, 0.3) is 0 Å². The first-order valence-corrected chi connectivity index (χ1v) is 5.49. The van der Waals surface area contributed by atoms with E-state index in [0.717, 1.165) is 12.1 Å². The summed E-state index contributed by atoms with van der Waals surface area (Å²) in [6, 6.07) is 3.09. The number of hydrogen-bond donors (Lipinski definition) is 2. The summed E-state index contributed by atoms with van der Waals surface area (Å²) in [7, 11) is 0. The Morgan fingerprint density at radius 3 is 2.79 bits per heavy atom. The average molecular weight is 267 g/mol. The number of hydrogen-bond acceptors (Lipinski definition) is 4. The Kier molecular flexibility index (Phi) is 3.41. The molecule has 2 amide bonds. The Labute approximate surface area is 106 Å². The molecule has 1 aliphatic rings. The Morgan fingerprint density at radius 2 is 2.26 bits per heavy atom. The van der Waals surface area contributed by atoms with Gasteiger partial charge in [-0.05, 0) is 6.07 Å². The van der Waals surface area contributed by atoms with Crippen molar-refractivity contribution >= 4 is 23.2 Å². The van der Waals surface area contributed by atoms with Crippen LogP contribution in [0.2, 0.25) is 0 Å². The van der Waals surface area contributed by atoms with E-state index in [9.17, 15) is 24.1 Å². The number of halogens is 1. The molecule has 1 aromatic carbocycles. The average Bonchev–Trinajstić information content (AvgIpc) is 2.75. The summed E-state index contributed by atoms with van der Waals surface area (Å²) in [5.74, 6) is -2.17. The van der Waals surface area contributed by atoms with Crippen LogP contribution in [-0.4, -0.2) is 23.3 Å². The van der Waals surface area contributed by atoms with Crippen molar-refractivity contribution in [2.75, 3.05) is 11.9 Å². The number of nitrogens with one attached hydrogen (secondary N) is 2. The summed E-state index contributed by atoms with van der Waals surface area (Å²) in [5, 5.41) is 15.4. The van der Waals surface area contributed by atoms with Gasteiger partial charge in [-0.25, -0.2) is 0 Å². The lowest BCUT2D eigenvalue weighted by molar-refractivity contribution is -0.387. The Bertz CT molecular complexity index is 561. The molecule has 1 fully saturated rings. The van der Waals surface area contributed by atoms with Crippen molar-refractivity contribution < 1.29 is 18.9 Å². The predicted molar refractivity (Wildman–Crippen MR) is 62.8 cm³/mol. The minimum absolute atomic E-state index is 0.0846. The third-order valence-electron chi connectivity index (χ3n) is 2.76. The summed E-state index contributed by atoms with van der Waals surface area (Å²) in [6.45, 7) is 0.236. The van der Waals surface area contributed by atoms with Crippen LogP contribution in [0.1, 0.15) is 6.42 Å². The summed E-state index contributed by atoms with van der Waals surface area (Å²) in [5.41, 5.74) is -0.539. The van der Waals surface area contributed by atoms with Gasteiger partial charge >= 0.3 is 5.69 Å². The number of benzene rings is 1. The van der Waals surface area contributed by atoms with Gasteiger partial charge in [-0.2, -0.15) is 4.39 Å². The van der Waals surface area contributed by atoms with E-state index >= 15 is 0 Å². The number of anilines is 1. The molecule has 0 spiro atoms. The molecular weight excluding hydrogens is 257 g/mol. The van der Waals surface area contributed by atoms with Gasteiger partial charge in [0, 0.05) is 30.8 Å². The Hall–Kier alpha value is -2.51. The fourth-order valence-corrected chi connectivity index (χ4v) is 1.77. The zero-order chi connectivity index (χ0) is 14.0. The molecule has 19 heavy (non-hydrogen) atoms. The summed E-state index contributed by atoms with van der Waals surface area (Å²) in [4.78, 5) is 32.3. The second-order valence-electron chi connectivity index (χ2n) is 4.12. The topological polar surface area (TPSA) is 101 Å². The highest BCUT2D eigenvalue weighted by molar-refractivity contribution is 5.97.